The third-order valence-corrected chi connectivity index (χ3v) is 4.57. The maximum Gasteiger partial charge on any atom is 0.227 e. The molecule has 2 aromatic carbocycles. The fourth-order valence-corrected chi connectivity index (χ4v) is 3.17. The molecule has 1 unspecified atom stereocenters. The lowest BCUT2D eigenvalue weighted by atomic mass is 10.1. The second kappa shape index (κ2) is 7.66. The van der Waals surface area contributed by atoms with Crippen LogP contribution in [0.4, 0.5) is 15.8 Å². The van der Waals surface area contributed by atoms with Crippen LogP contribution in [0.15, 0.2) is 42.5 Å². The minimum atomic E-state index is -1.03. The molecule has 1 aliphatic heterocycles. The Kier molecular flexibility index (Phi) is 5.34. The first-order valence-electron chi connectivity index (χ1n) is 8.62. The molecule has 1 fully saturated rings. The van der Waals surface area contributed by atoms with Gasteiger partial charge in [0.2, 0.25) is 5.91 Å². The van der Waals surface area contributed by atoms with Crippen LogP contribution < -0.4 is 10.2 Å². The number of amides is 1. The number of aliphatic hydroxyl groups excluding tert-OH is 1. The lowest BCUT2D eigenvalue weighted by Crippen LogP contribution is -2.19. The van der Waals surface area contributed by atoms with Crippen molar-refractivity contribution in [3.8, 4) is 0 Å². The second-order valence-electron chi connectivity index (χ2n) is 6.52. The third kappa shape index (κ3) is 4.37. The van der Waals surface area contributed by atoms with E-state index in [4.69, 9.17) is 0 Å². The van der Waals surface area contributed by atoms with Crippen LogP contribution in [0.3, 0.4) is 0 Å². The van der Waals surface area contributed by atoms with E-state index in [2.05, 4.69) is 16.3 Å². The highest BCUT2D eigenvalue weighted by atomic mass is 19.1. The summed E-state index contributed by atoms with van der Waals surface area (Å²) < 4.78 is 13.2. The molecule has 1 atom stereocenters. The van der Waals surface area contributed by atoms with Gasteiger partial charge in [0.15, 0.2) is 0 Å². The van der Waals surface area contributed by atoms with Crippen LogP contribution in [-0.4, -0.2) is 24.1 Å². The molecule has 3 rings (SSSR count). The summed E-state index contributed by atoms with van der Waals surface area (Å²) in [7, 11) is 0. The topological polar surface area (TPSA) is 52.6 Å². The van der Waals surface area contributed by atoms with E-state index in [0.29, 0.717) is 5.56 Å². The predicted molar refractivity (Wildman–Crippen MR) is 97.2 cm³/mol. The second-order valence-corrected chi connectivity index (χ2v) is 6.52. The third-order valence-electron chi connectivity index (χ3n) is 4.57. The van der Waals surface area contributed by atoms with E-state index in [1.54, 1.807) is 6.07 Å². The highest BCUT2D eigenvalue weighted by Gasteiger charge is 2.16. The molecule has 1 aliphatic rings. The van der Waals surface area contributed by atoms with E-state index in [1.807, 2.05) is 19.1 Å². The summed E-state index contributed by atoms with van der Waals surface area (Å²) in [4.78, 5) is 14.5. The number of aliphatic hydroxyl groups is 1. The molecule has 4 nitrogen and oxygen atoms in total. The predicted octanol–water partition coefficient (Wildman–Crippen LogP) is 3.80. The summed E-state index contributed by atoms with van der Waals surface area (Å²) in [6.45, 7) is 4.11. The fraction of sp³-hybridized carbons (Fsp3) is 0.350. The summed E-state index contributed by atoms with van der Waals surface area (Å²) in [6, 6.07) is 11.7. The molecule has 25 heavy (non-hydrogen) atoms. The maximum absolute atomic E-state index is 13.2. The van der Waals surface area contributed by atoms with Crippen LogP contribution in [0.25, 0.3) is 0 Å². The zero-order chi connectivity index (χ0) is 17.8. The SMILES string of the molecule is Cc1cc(N2CCCC2)ccc1NC(=O)CC(O)c1cccc(F)c1. The minimum absolute atomic E-state index is 0.114. The Morgan fingerprint density at radius 2 is 2.00 bits per heavy atom. The number of rotatable bonds is 5. The molecule has 1 amide bonds. The van der Waals surface area contributed by atoms with E-state index >= 15 is 0 Å². The van der Waals surface area contributed by atoms with Gasteiger partial charge >= 0.3 is 0 Å². The largest absolute Gasteiger partial charge is 0.388 e. The molecule has 0 aromatic heterocycles. The van der Waals surface area contributed by atoms with Gasteiger partial charge in [0, 0.05) is 24.5 Å². The molecular weight excluding hydrogens is 319 g/mol. The monoisotopic (exact) mass is 342 g/mol. The lowest BCUT2D eigenvalue weighted by molar-refractivity contribution is -0.118. The molecule has 132 valence electrons. The number of hydrogen-bond donors (Lipinski definition) is 2. The van der Waals surface area contributed by atoms with E-state index in [0.717, 1.165) is 24.3 Å². The average molecular weight is 342 g/mol. The molecule has 1 heterocycles. The summed E-state index contributed by atoms with van der Waals surface area (Å²) in [5, 5.41) is 12.9. The Morgan fingerprint density at radius 3 is 2.68 bits per heavy atom. The molecule has 0 aliphatic carbocycles. The molecule has 2 N–H and O–H groups in total. The fourth-order valence-electron chi connectivity index (χ4n) is 3.17. The summed E-state index contributed by atoms with van der Waals surface area (Å²) in [6.07, 6.45) is 1.29. The number of benzene rings is 2. The van der Waals surface area contributed by atoms with Gasteiger partial charge in [0.05, 0.1) is 12.5 Å². The quantitative estimate of drug-likeness (QED) is 0.869. The van der Waals surface area contributed by atoms with Crippen LogP contribution >= 0.6 is 0 Å². The molecule has 0 saturated carbocycles. The van der Waals surface area contributed by atoms with Crippen LogP contribution in [-0.2, 0) is 4.79 Å². The van der Waals surface area contributed by atoms with Crippen molar-refractivity contribution in [3.63, 3.8) is 0 Å². The number of nitrogens with zero attached hydrogens (tertiary/aromatic N) is 1. The van der Waals surface area contributed by atoms with Gasteiger partial charge in [-0.25, -0.2) is 4.39 Å². The van der Waals surface area contributed by atoms with Gasteiger partial charge < -0.3 is 15.3 Å². The first-order valence-corrected chi connectivity index (χ1v) is 8.62. The number of aryl methyl sites for hydroxylation is 1. The van der Waals surface area contributed by atoms with E-state index < -0.39 is 11.9 Å². The van der Waals surface area contributed by atoms with Crippen molar-refractivity contribution in [2.45, 2.75) is 32.3 Å². The molecule has 1 saturated heterocycles. The van der Waals surface area contributed by atoms with Crippen molar-refractivity contribution in [2.75, 3.05) is 23.3 Å². The van der Waals surface area contributed by atoms with Gasteiger partial charge in [-0.3, -0.25) is 4.79 Å². The van der Waals surface area contributed by atoms with Crippen LogP contribution in [0, 0.1) is 12.7 Å². The number of carbonyl (C=O) groups is 1. The van der Waals surface area contributed by atoms with Crippen molar-refractivity contribution in [1.29, 1.82) is 0 Å². The smallest absolute Gasteiger partial charge is 0.227 e. The highest BCUT2D eigenvalue weighted by molar-refractivity contribution is 5.92. The Labute approximate surface area is 147 Å². The first-order chi connectivity index (χ1) is 12.0. The number of hydrogen-bond acceptors (Lipinski definition) is 3. The standard InChI is InChI=1S/C20H23FN2O2/c1-14-11-17(23-9-2-3-10-23)7-8-18(14)22-20(25)13-19(24)15-5-4-6-16(21)12-15/h4-8,11-12,19,24H,2-3,9-10,13H2,1H3,(H,22,25). The van der Waals surface area contributed by atoms with Crippen molar-refractivity contribution >= 4 is 17.3 Å². The summed E-state index contributed by atoms with van der Waals surface area (Å²) in [5.74, 6) is -0.723. The zero-order valence-electron chi connectivity index (χ0n) is 14.3. The van der Waals surface area contributed by atoms with Gasteiger partial charge in [-0.1, -0.05) is 12.1 Å². The molecule has 2 aromatic rings. The van der Waals surface area contributed by atoms with Gasteiger partial charge in [-0.05, 0) is 61.2 Å². The molecule has 0 bridgehead atoms. The van der Waals surface area contributed by atoms with Crippen molar-refractivity contribution in [3.05, 3.63) is 59.4 Å². The lowest BCUT2D eigenvalue weighted by Gasteiger charge is -2.19. The number of nitrogens with one attached hydrogen (secondary N) is 1. The number of anilines is 2. The van der Waals surface area contributed by atoms with Gasteiger partial charge in [0.1, 0.15) is 5.82 Å². The van der Waals surface area contributed by atoms with Gasteiger partial charge in [-0.15, -0.1) is 0 Å². The molecular formula is C20H23FN2O2. The molecule has 0 spiro atoms. The Morgan fingerprint density at radius 1 is 1.24 bits per heavy atom. The van der Waals surface area contributed by atoms with Crippen LogP contribution in [0.1, 0.15) is 36.5 Å². The zero-order valence-corrected chi connectivity index (χ0v) is 14.3. The Bertz CT molecular complexity index is 757. The van der Waals surface area contributed by atoms with Crippen molar-refractivity contribution < 1.29 is 14.3 Å². The Balaban J connectivity index is 1.62. The molecule has 5 heteroatoms. The van der Waals surface area contributed by atoms with Crippen molar-refractivity contribution in [2.24, 2.45) is 0 Å². The van der Waals surface area contributed by atoms with Crippen molar-refractivity contribution in [1.82, 2.24) is 0 Å². The van der Waals surface area contributed by atoms with E-state index in [1.165, 1.54) is 36.7 Å². The molecule has 0 radical (unpaired) electrons. The van der Waals surface area contributed by atoms with Gasteiger partial charge in [0.25, 0.3) is 0 Å². The maximum atomic E-state index is 13.2. The van der Waals surface area contributed by atoms with Crippen LogP contribution in [0.2, 0.25) is 0 Å². The first kappa shape index (κ1) is 17.4. The minimum Gasteiger partial charge on any atom is -0.388 e. The normalized spacial score (nSPS) is 15.2. The van der Waals surface area contributed by atoms with E-state index in [9.17, 15) is 14.3 Å². The van der Waals surface area contributed by atoms with Gasteiger partial charge in [-0.2, -0.15) is 0 Å². The van der Waals surface area contributed by atoms with Crippen LogP contribution in [0.5, 0.6) is 0 Å². The summed E-state index contributed by atoms with van der Waals surface area (Å²) >= 11 is 0. The average Bonchev–Trinajstić information content (AvgIpc) is 3.11. The highest BCUT2D eigenvalue weighted by Crippen LogP contribution is 2.26. The van der Waals surface area contributed by atoms with E-state index in [-0.39, 0.29) is 12.3 Å². The number of halogens is 1. The number of carbonyl (C=O) groups excluding carboxylic acids is 1. The summed E-state index contributed by atoms with van der Waals surface area (Å²) in [5.41, 5.74) is 3.29. The Hall–Kier alpha value is -2.40.